The highest BCUT2D eigenvalue weighted by atomic mass is 16.5. The fraction of sp³-hybridized carbons (Fsp3) is 0.591. The summed E-state index contributed by atoms with van der Waals surface area (Å²) in [4.78, 5) is 40.9. The van der Waals surface area contributed by atoms with Crippen LogP contribution in [0.5, 0.6) is 5.75 Å². The van der Waals surface area contributed by atoms with Crippen molar-refractivity contribution in [1.82, 2.24) is 10.2 Å². The maximum Gasteiger partial charge on any atom is 0.317 e. The summed E-state index contributed by atoms with van der Waals surface area (Å²) in [5, 5.41) is 11.4. The Bertz CT molecular complexity index is 832. The lowest BCUT2D eigenvalue weighted by Crippen LogP contribution is -2.54. The van der Waals surface area contributed by atoms with E-state index in [2.05, 4.69) is 10.2 Å². The lowest BCUT2D eigenvalue weighted by molar-refractivity contribution is -0.138. The molecule has 1 aromatic rings. The lowest BCUT2D eigenvalue weighted by atomic mass is 10.0. The molecule has 31 heavy (non-hydrogen) atoms. The van der Waals surface area contributed by atoms with Gasteiger partial charge in [0.1, 0.15) is 12.6 Å². The van der Waals surface area contributed by atoms with Gasteiger partial charge in [-0.25, -0.2) is 0 Å². The van der Waals surface area contributed by atoms with E-state index in [1.807, 2.05) is 28.0 Å². The Balaban J connectivity index is 0.000000710. The average Bonchev–Trinajstić information content (AvgIpc) is 3.63. The number of carboxylic acid groups (broad SMARTS) is 1. The van der Waals surface area contributed by atoms with Crippen molar-refractivity contribution in [1.29, 1.82) is 0 Å². The molecule has 1 saturated carbocycles. The second kappa shape index (κ2) is 9.55. The van der Waals surface area contributed by atoms with E-state index < -0.39 is 5.97 Å². The number of benzene rings is 1. The van der Waals surface area contributed by atoms with Crippen LogP contribution in [0, 0.1) is 0 Å². The number of ether oxygens (including phenoxy) is 1. The second-order valence-electron chi connectivity index (χ2n) is 8.35. The zero-order chi connectivity index (χ0) is 21.8. The fourth-order valence-corrected chi connectivity index (χ4v) is 4.14. The summed E-state index contributed by atoms with van der Waals surface area (Å²) in [5.74, 6) is -0.529. The molecule has 0 spiro atoms. The Hall–Kier alpha value is -2.81. The van der Waals surface area contributed by atoms with Gasteiger partial charge in [0.15, 0.2) is 5.75 Å². The molecule has 1 unspecified atom stereocenters. The maximum atomic E-state index is 12.3. The number of rotatable bonds is 4. The minimum Gasteiger partial charge on any atom is -0.487 e. The number of fused-ring (bicyclic) bond motifs is 1. The van der Waals surface area contributed by atoms with Crippen LogP contribution in [0.15, 0.2) is 18.2 Å². The number of carbonyl (C=O) groups is 3. The number of para-hydroxylation sites is 1. The minimum atomic E-state index is -0.811. The quantitative estimate of drug-likeness (QED) is 0.684. The molecule has 1 aliphatic carbocycles. The number of hydrogen-bond acceptors (Lipinski definition) is 7. The molecule has 2 amide bonds. The third kappa shape index (κ3) is 5.28. The topological polar surface area (TPSA) is 102 Å². The molecule has 1 aromatic carbocycles. The normalized spacial score (nSPS) is 23.2. The molecule has 1 atom stereocenters. The van der Waals surface area contributed by atoms with Gasteiger partial charge in [0.2, 0.25) is 11.8 Å². The van der Waals surface area contributed by atoms with Crippen molar-refractivity contribution < 1.29 is 24.2 Å². The van der Waals surface area contributed by atoms with E-state index in [1.165, 1.54) is 19.3 Å². The summed E-state index contributed by atoms with van der Waals surface area (Å²) in [5.41, 5.74) is 1.83. The Morgan fingerprint density at radius 2 is 1.77 bits per heavy atom. The van der Waals surface area contributed by atoms with E-state index in [1.54, 1.807) is 0 Å². The number of piperidine rings is 1. The molecule has 168 valence electrons. The summed E-state index contributed by atoms with van der Waals surface area (Å²) in [7, 11) is 0. The van der Waals surface area contributed by atoms with Crippen LogP contribution in [-0.2, 0) is 14.4 Å². The van der Waals surface area contributed by atoms with Gasteiger partial charge in [-0.15, -0.1) is 0 Å². The van der Waals surface area contributed by atoms with Crippen LogP contribution in [0.1, 0.15) is 32.1 Å². The number of imide groups is 1. The highest BCUT2D eigenvalue weighted by molar-refractivity contribution is 6.02. The van der Waals surface area contributed by atoms with Crippen LogP contribution in [0.2, 0.25) is 0 Å². The van der Waals surface area contributed by atoms with E-state index in [9.17, 15) is 14.4 Å². The molecule has 3 heterocycles. The van der Waals surface area contributed by atoms with Crippen molar-refractivity contribution in [3.63, 3.8) is 0 Å². The van der Waals surface area contributed by atoms with Gasteiger partial charge < -0.3 is 19.6 Å². The highest BCUT2D eigenvalue weighted by Crippen LogP contribution is 2.42. The zero-order valence-electron chi connectivity index (χ0n) is 17.7. The molecule has 4 aliphatic rings. The van der Waals surface area contributed by atoms with Gasteiger partial charge in [0.25, 0.3) is 0 Å². The SMILES string of the molecule is C1CC1.O=C(O)CN1CCN(c2cccc3c2OCCN3C2CCC(=O)NC2=O)CC1. The van der Waals surface area contributed by atoms with E-state index >= 15 is 0 Å². The number of anilines is 2. The highest BCUT2D eigenvalue weighted by Gasteiger charge is 2.35. The van der Waals surface area contributed by atoms with Crippen LogP contribution in [0.3, 0.4) is 0 Å². The van der Waals surface area contributed by atoms with Crippen LogP contribution < -0.4 is 19.9 Å². The molecule has 5 rings (SSSR count). The summed E-state index contributed by atoms with van der Waals surface area (Å²) < 4.78 is 5.99. The molecule has 0 radical (unpaired) electrons. The number of nitrogens with zero attached hydrogens (tertiary/aromatic N) is 3. The Kier molecular flexibility index (Phi) is 6.60. The van der Waals surface area contributed by atoms with Crippen LogP contribution in [0.4, 0.5) is 11.4 Å². The molecule has 3 aliphatic heterocycles. The summed E-state index contributed by atoms with van der Waals surface area (Å²) in [6.45, 7) is 3.90. The molecule has 2 saturated heterocycles. The third-order valence-electron chi connectivity index (χ3n) is 5.87. The fourth-order valence-electron chi connectivity index (χ4n) is 4.14. The van der Waals surface area contributed by atoms with Gasteiger partial charge in [-0.3, -0.25) is 24.6 Å². The van der Waals surface area contributed by atoms with Crippen LogP contribution in [0.25, 0.3) is 0 Å². The molecule has 9 nitrogen and oxygen atoms in total. The molecular formula is C22H30N4O5. The molecule has 9 heteroatoms. The first-order chi connectivity index (χ1) is 15.0. The number of amides is 2. The van der Waals surface area contributed by atoms with Crippen molar-refractivity contribution in [2.24, 2.45) is 0 Å². The van der Waals surface area contributed by atoms with Crippen LogP contribution >= 0.6 is 0 Å². The van der Waals surface area contributed by atoms with E-state index in [0.29, 0.717) is 52.2 Å². The van der Waals surface area contributed by atoms with Gasteiger partial charge in [0.05, 0.1) is 24.5 Å². The van der Waals surface area contributed by atoms with E-state index in [4.69, 9.17) is 9.84 Å². The third-order valence-corrected chi connectivity index (χ3v) is 5.87. The van der Waals surface area contributed by atoms with Crippen LogP contribution in [-0.4, -0.2) is 79.7 Å². The second-order valence-corrected chi connectivity index (χ2v) is 8.35. The van der Waals surface area contributed by atoms with E-state index in [-0.39, 0.29) is 24.4 Å². The maximum absolute atomic E-state index is 12.3. The number of piperazine rings is 1. The first-order valence-corrected chi connectivity index (χ1v) is 11.1. The summed E-state index contributed by atoms with van der Waals surface area (Å²) in [6, 6.07) is 5.52. The van der Waals surface area contributed by atoms with Crippen molar-refractivity contribution in [3.8, 4) is 5.75 Å². The predicted octanol–water partition coefficient (Wildman–Crippen LogP) is 1.07. The van der Waals surface area contributed by atoms with E-state index in [0.717, 1.165) is 17.1 Å². The van der Waals surface area contributed by atoms with Crippen molar-refractivity contribution >= 4 is 29.2 Å². The summed E-state index contributed by atoms with van der Waals surface area (Å²) >= 11 is 0. The van der Waals surface area contributed by atoms with Gasteiger partial charge in [-0.1, -0.05) is 25.3 Å². The van der Waals surface area contributed by atoms with Gasteiger partial charge in [-0.2, -0.15) is 0 Å². The number of carbonyl (C=O) groups excluding carboxylic acids is 2. The summed E-state index contributed by atoms with van der Waals surface area (Å²) in [6.07, 6.45) is 5.34. The molecule has 2 N–H and O–H groups in total. The van der Waals surface area contributed by atoms with Crippen molar-refractivity contribution in [3.05, 3.63) is 18.2 Å². The standard InChI is InChI=1S/C19H24N4O5.C3H6/c24-16-5-4-15(19(27)20-16)23-10-11-28-18-13(2-1-3-14(18)23)22-8-6-21(7-9-22)12-17(25)26;1-2-3-1/h1-3,15H,4-12H2,(H,25,26)(H,20,24,27);1-3H2. The molecular weight excluding hydrogens is 400 g/mol. The smallest absolute Gasteiger partial charge is 0.317 e. The van der Waals surface area contributed by atoms with Gasteiger partial charge in [0, 0.05) is 32.6 Å². The molecule has 0 aromatic heterocycles. The minimum absolute atomic E-state index is 0.0561. The largest absolute Gasteiger partial charge is 0.487 e. The molecule has 0 bridgehead atoms. The number of nitrogens with one attached hydrogen (secondary N) is 1. The van der Waals surface area contributed by atoms with Gasteiger partial charge >= 0.3 is 5.97 Å². The number of carboxylic acids is 1. The first-order valence-electron chi connectivity index (χ1n) is 11.1. The molecule has 3 fully saturated rings. The average molecular weight is 431 g/mol. The predicted molar refractivity (Wildman–Crippen MR) is 116 cm³/mol. The van der Waals surface area contributed by atoms with Crippen molar-refractivity contribution in [2.45, 2.75) is 38.1 Å². The first kappa shape index (κ1) is 21.4. The van der Waals surface area contributed by atoms with Crippen molar-refractivity contribution in [2.75, 3.05) is 55.7 Å². The Morgan fingerprint density at radius 3 is 2.42 bits per heavy atom. The number of hydrogen-bond donors (Lipinski definition) is 2. The Labute approximate surface area is 181 Å². The van der Waals surface area contributed by atoms with Gasteiger partial charge in [-0.05, 0) is 18.6 Å². The zero-order valence-corrected chi connectivity index (χ0v) is 17.7. The Morgan fingerprint density at radius 1 is 1.06 bits per heavy atom. The number of aliphatic carboxylic acids is 1. The lowest BCUT2D eigenvalue weighted by Gasteiger charge is -2.41. The monoisotopic (exact) mass is 430 g/mol.